The number of anilines is 1. The summed E-state index contributed by atoms with van der Waals surface area (Å²) in [6.07, 6.45) is 0. The second-order valence-corrected chi connectivity index (χ2v) is 7.19. The first-order chi connectivity index (χ1) is 14.5. The zero-order valence-electron chi connectivity index (χ0n) is 17.6. The monoisotopic (exact) mass is 425 g/mol. The molecule has 9 heteroatoms. The Hall–Kier alpha value is -3.98. The minimum absolute atomic E-state index is 0.469. The van der Waals surface area contributed by atoms with E-state index < -0.39 is 33.7 Å². The fourth-order valence-corrected chi connectivity index (χ4v) is 3.07. The topological polar surface area (TPSA) is 128 Å². The van der Waals surface area contributed by atoms with E-state index in [1.807, 2.05) is 0 Å². The molecule has 0 atom stereocenters. The number of benzene rings is 3. The van der Waals surface area contributed by atoms with E-state index in [1.54, 1.807) is 0 Å². The second kappa shape index (κ2) is 9.68. The van der Waals surface area contributed by atoms with Gasteiger partial charge in [0.25, 0.3) is 5.69 Å². The van der Waals surface area contributed by atoms with Crippen molar-refractivity contribution < 1.29 is 29.6 Å². The molecule has 3 rings (SSSR count). The van der Waals surface area contributed by atoms with Crippen molar-refractivity contribution in [1.82, 2.24) is 0 Å². The lowest BCUT2D eigenvalue weighted by atomic mass is 10.1. The van der Waals surface area contributed by atoms with E-state index >= 15 is 0 Å². The van der Waals surface area contributed by atoms with Crippen molar-refractivity contribution in [2.24, 2.45) is 0 Å². The average molecular weight is 425 g/mol. The molecule has 0 aromatic heterocycles. The highest BCUT2D eigenvalue weighted by atomic mass is 16.6. The fraction of sp³-hybridized carbons (Fsp3) is 0.182. The molecule has 0 aliphatic heterocycles. The van der Waals surface area contributed by atoms with Crippen molar-refractivity contribution in [3.63, 3.8) is 0 Å². The zero-order chi connectivity index (χ0) is 23.3. The van der Waals surface area contributed by atoms with Crippen LogP contribution in [0.25, 0.3) is 10.8 Å². The van der Waals surface area contributed by atoms with Gasteiger partial charge in [-0.15, -0.1) is 0 Å². The number of nitro benzene ring substituents is 1. The summed E-state index contributed by atoms with van der Waals surface area (Å²) in [5.41, 5.74) is 1.02. The summed E-state index contributed by atoms with van der Waals surface area (Å²) in [4.78, 5) is 33.9. The number of aromatic carboxylic acids is 2. The molecule has 31 heavy (non-hydrogen) atoms. The molecule has 0 radical (unpaired) electrons. The van der Waals surface area contributed by atoms with Gasteiger partial charge in [-0.25, -0.2) is 4.79 Å². The van der Waals surface area contributed by atoms with Gasteiger partial charge in [0.2, 0.25) is 0 Å². The van der Waals surface area contributed by atoms with Crippen molar-refractivity contribution in [3.05, 3.63) is 75.8 Å². The number of carboxylic acids is 2. The summed E-state index contributed by atoms with van der Waals surface area (Å²) < 4.78 is 0. The first-order valence-electron chi connectivity index (χ1n) is 9.26. The minimum Gasteiger partial charge on any atom is -0.545 e. The van der Waals surface area contributed by atoms with Crippen LogP contribution in [-0.2, 0) is 0 Å². The number of hydrogen-bond acceptors (Lipinski definition) is 6. The molecule has 2 N–H and O–H groups in total. The Bertz CT molecular complexity index is 1020. The predicted octanol–water partition coefficient (Wildman–Crippen LogP) is 1.34. The molecule has 0 amide bonds. The molecular weight excluding hydrogens is 402 g/mol. The van der Waals surface area contributed by atoms with E-state index in [1.165, 1.54) is 27.0 Å². The lowest BCUT2D eigenvalue weighted by Crippen LogP contribution is -3.00. The molecule has 0 spiro atoms. The Labute approximate surface area is 178 Å². The van der Waals surface area contributed by atoms with Gasteiger partial charge in [0.05, 0.1) is 41.6 Å². The summed E-state index contributed by atoms with van der Waals surface area (Å²) in [6.45, 7) is 0. The summed E-state index contributed by atoms with van der Waals surface area (Å²) in [5.74, 6) is -3.11. The maximum atomic E-state index is 10.5. The maximum Gasteiger partial charge on any atom is 0.335 e. The van der Waals surface area contributed by atoms with Crippen LogP contribution < -0.4 is 14.9 Å². The number of rotatable bonds is 5. The Kier molecular flexibility index (Phi) is 7.28. The van der Waals surface area contributed by atoms with Gasteiger partial charge in [-0.2, -0.15) is 0 Å². The Morgan fingerprint density at radius 3 is 2.06 bits per heavy atom. The Morgan fingerprint density at radius 1 is 1.00 bits per heavy atom. The van der Waals surface area contributed by atoms with Crippen LogP contribution in [0.2, 0.25) is 0 Å². The molecule has 0 heterocycles. The third-order valence-electron chi connectivity index (χ3n) is 4.51. The average Bonchev–Trinajstić information content (AvgIpc) is 2.72. The molecule has 3 aromatic carbocycles. The molecule has 3 aromatic rings. The molecule has 0 aliphatic rings. The predicted molar refractivity (Wildman–Crippen MR) is 115 cm³/mol. The normalized spacial score (nSPS) is 10.4. The van der Waals surface area contributed by atoms with E-state index in [2.05, 4.69) is 69.5 Å². The lowest BCUT2D eigenvalue weighted by molar-refractivity contribution is -0.785. The molecule has 0 aliphatic carbocycles. The van der Waals surface area contributed by atoms with E-state index in [9.17, 15) is 24.8 Å². The van der Waals surface area contributed by atoms with Gasteiger partial charge in [0.1, 0.15) is 5.69 Å². The maximum absolute atomic E-state index is 10.5. The van der Waals surface area contributed by atoms with Gasteiger partial charge >= 0.3 is 5.97 Å². The highest BCUT2D eigenvalue weighted by molar-refractivity contribution is 6.00. The number of hydrogen-bond donors (Lipinski definition) is 2. The molecule has 162 valence electrons. The molecule has 0 fully saturated rings. The van der Waals surface area contributed by atoms with Crippen molar-refractivity contribution >= 4 is 39.8 Å². The SMILES string of the molecule is CN(C)c1cccc2cccc([NH+](C)C)c12.O=C([O-])c1cc(C(=O)O)cc([N+](=O)[O-])c1. The first kappa shape index (κ1) is 23.3. The molecule has 9 nitrogen and oxygen atoms in total. The van der Waals surface area contributed by atoms with Crippen LogP contribution in [0.1, 0.15) is 20.7 Å². The van der Waals surface area contributed by atoms with E-state index in [-0.39, 0.29) is 0 Å². The van der Waals surface area contributed by atoms with E-state index in [4.69, 9.17) is 5.11 Å². The van der Waals surface area contributed by atoms with Gasteiger partial charge in [-0.3, -0.25) is 10.1 Å². The van der Waals surface area contributed by atoms with Crippen molar-refractivity contribution in [2.45, 2.75) is 0 Å². The Morgan fingerprint density at radius 2 is 1.58 bits per heavy atom. The van der Waals surface area contributed by atoms with Crippen LogP contribution in [0, 0.1) is 10.1 Å². The van der Waals surface area contributed by atoms with Crippen LogP contribution in [0.3, 0.4) is 0 Å². The van der Waals surface area contributed by atoms with Gasteiger partial charge in [0.15, 0.2) is 0 Å². The van der Waals surface area contributed by atoms with E-state index in [0.717, 1.165) is 18.2 Å². The van der Waals surface area contributed by atoms with Gasteiger partial charge in [-0.1, -0.05) is 24.3 Å². The van der Waals surface area contributed by atoms with Crippen molar-refractivity contribution in [2.75, 3.05) is 33.1 Å². The molecule has 0 saturated heterocycles. The van der Waals surface area contributed by atoms with Crippen LogP contribution in [0.4, 0.5) is 17.1 Å². The molecule has 0 saturated carbocycles. The summed E-state index contributed by atoms with van der Waals surface area (Å²) in [6, 6.07) is 15.3. The molecule has 0 unspecified atom stereocenters. The van der Waals surface area contributed by atoms with Gasteiger partial charge < -0.3 is 24.8 Å². The smallest absolute Gasteiger partial charge is 0.335 e. The number of carbonyl (C=O) groups excluding carboxylic acids is 1. The third kappa shape index (κ3) is 5.55. The highest BCUT2D eigenvalue weighted by Gasteiger charge is 2.14. The quantitative estimate of drug-likeness (QED) is 0.466. The number of carbonyl (C=O) groups is 2. The molecular formula is C22H23N3O6. The summed E-state index contributed by atoms with van der Waals surface area (Å²) in [7, 11) is 8.52. The summed E-state index contributed by atoms with van der Waals surface area (Å²) in [5, 5.41) is 32.0. The number of fused-ring (bicyclic) bond motifs is 1. The van der Waals surface area contributed by atoms with Crippen LogP contribution in [-0.4, -0.2) is 50.2 Å². The zero-order valence-corrected chi connectivity index (χ0v) is 17.6. The number of quaternary nitrogens is 1. The second-order valence-electron chi connectivity index (χ2n) is 7.19. The highest BCUT2D eigenvalue weighted by Crippen LogP contribution is 2.29. The van der Waals surface area contributed by atoms with Crippen LogP contribution >= 0.6 is 0 Å². The minimum atomic E-state index is -1.67. The summed E-state index contributed by atoms with van der Waals surface area (Å²) >= 11 is 0. The van der Waals surface area contributed by atoms with Crippen molar-refractivity contribution in [3.8, 4) is 0 Å². The first-order valence-corrected chi connectivity index (χ1v) is 9.26. The van der Waals surface area contributed by atoms with Gasteiger partial charge in [-0.05, 0) is 23.6 Å². The fourth-order valence-electron chi connectivity index (χ4n) is 3.07. The number of nitrogens with one attached hydrogen (secondary N) is 1. The van der Waals surface area contributed by atoms with Crippen LogP contribution in [0.5, 0.6) is 0 Å². The van der Waals surface area contributed by atoms with Crippen molar-refractivity contribution in [1.29, 1.82) is 0 Å². The largest absolute Gasteiger partial charge is 0.545 e. The Balaban J connectivity index is 0.000000221. The number of non-ortho nitro benzene ring substituents is 1. The number of nitro groups is 1. The standard InChI is InChI=1S/C14H18N2.C8H5NO6/c1-15(2)12-9-5-7-11-8-6-10-13(14(11)12)16(3)4;10-7(11)4-1-5(8(12)13)3-6(2-4)9(14)15/h5-10H,1-4H3;1-3H,(H,10,11)(H,12,13). The van der Waals surface area contributed by atoms with E-state index in [0.29, 0.717) is 0 Å². The third-order valence-corrected chi connectivity index (χ3v) is 4.51. The number of nitrogens with zero attached hydrogens (tertiary/aromatic N) is 2. The van der Waals surface area contributed by atoms with Gasteiger partial charge in [0, 0.05) is 31.8 Å². The lowest BCUT2D eigenvalue weighted by Gasteiger charge is -2.18. The van der Waals surface area contributed by atoms with Crippen LogP contribution in [0.15, 0.2) is 54.6 Å². The molecule has 0 bridgehead atoms. The number of carboxylic acid groups (broad SMARTS) is 2.